The molecule has 0 aromatic heterocycles. The van der Waals surface area contributed by atoms with Crippen LogP contribution in [0.15, 0.2) is 0 Å². The molecule has 1 N–H and O–H groups in total. The van der Waals surface area contributed by atoms with Crippen molar-refractivity contribution < 1.29 is 41.7 Å². The Morgan fingerprint density at radius 2 is 1.84 bits per heavy atom. The quantitative estimate of drug-likeness (QED) is 0.308. The molecule has 7 nitrogen and oxygen atoms in total. The summed E-state index contributed by atoms with van der Waals surface area (Å²) >= 11 is 16.9. The van der Waals surface area contributed by atoms with Crippen molar-refractivity contribution >= 4 is 69.5 Å². The molecule has 0 saturated carbocycles. The van der Waals surface area contributed by atoms with E-state index >= 15 is 0 Å². The minimum atomic E-state index is -5.29. The zero-order valence-corrected chi connectivity index (χ0v) is 15.0. The van der Waals surface area contributed by atoms with E-state index in [1.807, 2.05) is 0 Å². The number of quaternary nitrogens is 1. The van der Waals surface area contributed by atoms with Gasteiger partial charge in [-0.2, -0.15) is 18.6 Å². The second-order valence-corrected chi connectivity index (χ2v) is 8.95. The first-order valence-corrected chi connectivity index (χ1v) is 8.53. The summed E-state index contributed by atoms with van der Waals surface area (Å²) in [6.07, 6.45) is -6.20. The number of carbonyl (C=O) groups is 4. The van der Waals surface area contributed by atoms with E-state index in [2.05, 4.69) is 0 Å². The van der Waals surface area contributed by atoms with E-state index in [-0.39, 0.29) is 6.42 Å². The van der Waals surface area contributed by atoms with Gasteiger partial charge in [0.05, 0.1) is 6.42 Å². The van der Waals surface area contributed by atoms with Gasteiger partial charge < -0.3 is 4.74 Å². The first-order valence-electron chi connectivity index (χ1n) is 6.51. The number of amides is 2. The fourth-order valence-corrected chi connectivity index (χ4v) is 3.87. The highest BCUT2D eigenvalue weighted by atomic mass is 35.6. The number of alkyl halides is 6. The number of nitrogens with one attached hydrogen (secondary N) is 1. The molecular weight excluding hydrogens is 436 g/mol. The maximum Gasteiger partial charge on any atom is 0.476 e. The van der Waals surface area contributed by atoms with Crippen molar-refractivity contribution in [3.05, 3.63) is 0 Å². The van der Waals surface area contributed by atoms with Gasteiger partial charge in [-0.25, -0.2) is 9.59 Å². The fraction of sp³-hybridized carbons (Fsp3) is 0.636. The molecular formula is C11H9Cl3F3N2O5S+. The first kappa shape index (κ1) is 20.6. The number of fused-ring (bicyclic) bond motifs is 1. The third-order valence-corrected chi connectivity index (χ3v) is 5.06. The number of hydrogen-bond donors (Lipinski definition) is 1. The van der Waals surface area contributed by atoms with Crippen LogP contribution in [-0.4, -0.2) is 55.5 Å². The summed E-state index contributed by atoms with van der Waals surface area (Å²) in [5, 5.41) is -1.60. The zero-order valence-electron chi connectivity index (χ0n) is 11.9. The summed E-state index contributed by atoms with van der Waals surface area (Å²) in [6, 6.07) is -1.70. The van der Waals surface area contributed by atoms with Crippen molar-refractivity contribution in [3.63, 3.8) is 0 Å². The van der Waals surface area contributed by atoms with Crippen LogP contribution in [-0.2, 0) is 23.9 Å². The molecule has 2 aliphatic rings. The smallest absolute Gasteiger partial charge is 0.457 e. The van der Waals surface area contributed by atoms with E-state index in [1.165, 1.54) is 5.43 Å². The monoisotopic (exact) mass is 443 g/mol. The van der Waals surface area contributed by atoms with Gasteiger partial charge in [-0.05, 0) is 11.8 Å². The minimum Gasteiger partial charge on any atom is -0.457 e. The van der Waals surface area contributed by atoms with Gasteiger partial charge >= 0.3 is 24.0 Å². The lowest BCUT2D eigenvalue weighted by Gasteiger charge is -2.52. The van der Waals surface area contributed by atoms with Gasteiger partial charge in [-0.15, -0.1) is 4.59 Å². The summed E-state index contributed by atoms with van der Waals surface area (Å²) in [5.41, 5.74) is 1.52. The Morgan fingerprint density at radius 3 is 2.32 bits per heavy atom. The molecule has 0 bridgehead atoms. The number of hydrogen-bond acceptors (Lipinski definition) is 6. The van der Waals surface area contributed by atoms with Crippen molar-refractivity contribution in [2.24, 2.45) is 0 Å². The summed E-state index contributed by atoms with van der Waals surface area (Å²) in [4.78, 5) is 47.3. The second kappa shape index (κ2) is 6.76. The molecule has 0 aromatic rings. The lowest BCUT2D eigenvalue weighted by Crippen LogP contribution is -2.82. The molecule has 2 unspecified atom stereocenters. The summed E-state index contributed by atoms with van der Waals surface area (Å²) in [6.45, 7) is -0.750. The zero-order chi connectivity index (χ0) is 19.2. The van der Waals surface area contributed by atoms with Gasteiger partial charge in [0.2, 0.25) is 14.9 Å². The standard InChI is InChI=1S/C11H8Cl3F3N2O5S/c12-10(13,14)3-24-8(22)4-1-7(21)25-6-2-5(20)19(4,6)18-9(23)11(15,16)17/h4,6H,1-3H2/p+1/t4-,6?,19?/m0/s1. The Balaban J connectivity index is 2.30. The van der Waals surface area contributed by atoms with Crippen molar-refractivity contribution in [1.82, 2.24) is 5.43 Å². The van der Waals surface area contributed by atoms with E-state index in [4.69, 9.17) is 39.5 Å². The number of carbonyl (C=O) groups excluding carboxylic acids is 4. The Morgan fingerprint density at radius 1 is 1.24 bits per heavy atom. The van der Waals surface area contributed by atoms with Crippen LogP contribution < -0.4 is 5.43 Å². The van der Waals surface area contributed by atoms with Crippen LogP contribution in [0.2, 0.25) is 0 Å². The number of β-lactam (4-membered cyclic amide) rings is 1. The van der Waals surface area contributed by atoms with Crippen molar-refractivity contribution in [3.8, 4) is 0 Å². The highest BCUT2D eigenvalue weighted by Gasteiger charge is 2.69. The van der Waals surface area contributed by atoms with Gasteiger partial charge in [0.25, 0.3) is 0 Å². The predicted octanol–water partition coefficient (Wildman–Crippen LogP) is 1.60. The van der Waals surface area contributed by atoms with Crippen molar-refractivity contribution in [1.29, 1.82) is 0 Å². The van der Waals surface area contributed by atoms with Gasteiger partial charge in [-0.3, -0.25) is 9.59 Å². The molecule has 2 fully saturated rings. The van der Waals surface area contributed by atoms with E-state index < -0.39 is 61.9 Å². The number of thioether (sulfide) groups is 1. The average molecular weight is 445 g/mol. The molecule has 14 heteroatoms. The maximum atomic E-state index is 12.6. The number of ether oxygens (including phenoxy) is 1. The van der Waals surface area contributed by atoms with Crippen LogP contribution in [0, 0.1) is 0 Å². The van der Waals surface area contributed by atoms with E-state index in [0.29, 0.717) is 11.8 Å². The summed E-state index contributed by atoms with van der Waals surface area (Å²) < 4.78 is 39.1. The normalized spacial score (nSPS) is 29.5. The van der Waals surface area contributed by atoms with E-state index in [1.54, 1.807) is 0 Å². The predicted molar refractivity (Wildman–Crippen MR) is 80.1 cm³/mol. The number of esters is 1. The van der Waals surface area contributed by atoms with Crippen LogP contribution in [0.1, 0.15) is 12.8 Å². The molecule has 0 spiro atoms. The fourth-order valence-electron chi connectivity index (χ4n) is 2.44. The number of halogens is 6. The largest absolute Gasteiger partial charge is 0.476 e. The van der Waals surface area contributed by atoms with Crippen LogP contribution in [0.5, 0.6) is 0 Å². The molecule has 0 aliphatic carbocycles. The maximum absolute atomic E-state index is 12.6. The van der Waals surface area contributed by atoms with Gasteiger partial charge in [0.1, 0.15) is 13.0 Å². The van der Waals surface area contributed by atoms with E-state index in [9.17, 15) is 32.3 Å². The topological polar surface area (TPSA) is 89.5 Å². The van der Waals surface area contributed by atoms with Gasteiger partial charge in [-0.1, -0.05) is 34.8 Å². The Hall–Kier alpha value is -0.750. The third-order valence-electron chi connectivity index (χ3n) is 3.53. The highest BCUT2D eigenvalue weighted by Crippen LogP contribution is 2.45. The number of rotatable bonds is 3. The molecule has 25 heavy (non-hydrogen) atoms. The van der Waals surface area contributed by atoms with Crippen LogP contribution in [0.25, 0.3) is 0 Å². The van der Waals surface area contributed by atoms with Crippen LogP contribution in [0.4, 0.5) is 13.2 Å². The van der Waals surface area contributed by atoms with Crippen molar-refractivity contribution in [2.45, 2.75) is 34.2 Å². The lowest BCUT2D eigenvalue weighted by atomic mass is 10.0. The molecule has 140 valence electrons. The first-order chi connectivity index (χ1) is 11.3. The lowest BCUT2D eigenvalue weighted by molar-refractivity contribution is -0.939. The average Bonchev–Trinajstić information content (AvgIpc) is 2.45. The second-order valence-electron chi connectivity index (χ2n) is 5.20. The molecule has 0 aromatic carbocycles. The Bertz CT molecular complexity index is 641. The molecule has 2 rings (SSSR count). The van der Waals surface area contributed by atoms with Crippen LogP contribution >= 0.6 is 46.6 Å². The number of nitrogens with zero attached hydrogens (tertiary/aromatic N) is 1. The van der Waals surface area contributed by atoms with Gasteiger partial charge in [0.15, 0.2) is 5.37 Å². The SMILES string of the molecule is O=C1C[C@@H](C(=O)OCC(Cl)(Cl)Cl)[N+]2(NC(=O)C(F)(F)F)C(=O)CC2S1. The van der Waals surface area contributed by atoms with Gasteiger partial charge in [0, 0.05) is 0 Å². The summed E-state index contributed by atoms with van der Waals surface area (Å²) in [7, 11) is 0. The molecule has 3 atom stereocenters. The summed E-state index contributed by atoms with van der Waals surface area (Å²) in [5.74, 6) is -4.52. The minimum absolute atomic E-state index is 0.289. The third kappa shape index (κ3) is 4.16. The van der Waals surface area contributed by atoms with E-state index in [0.717, 1.165) is 0 Å². The molecule has 2 heterocycles. The Kier molecular flexibility index (Phi) is 5.56. The Labute approximate surface area is 157 Å². The van der Waals surface area contributed by atoms with Crippen molar-refractivity contribution in [2.75, 3.05) is 6.61 Å². The highest BCUT2D eigenvalue weighted by molar-refractivity contribution is 8.14. The molecule has 2 saturated heterocycles. The van der Waals surface area contributed by atoms with Crippen LogP contribution in [0.3, 0.4) is 0 Å². The molecule has 2 amide bonds. The molecule has 0 radical (unpaired) electrons. The molecule has 2 aliphatic heterocycles.